The van der Waals surface area contributed by atoms with Gasteiger partial charge in [0.05, 0.1) is 29.7 Å². The molecule has 0 bridgehead atoms. The fraction of sp³-hybridized carbons (Fsp3) is 0.0690. The maximum absolute atomic E-state index is 13.0. The molecule has 1 N–H and O–H groups in total. The van der Waals surface area contributed by atoms with E-state index in [0.717, 1.165) is 14.3 Å². The van der Waals surface area contributed by atoms with Gasteiger partial charge in [0, 0.05) is 15.1 Å². The Balaban J connectivity index is 1.21. The van der Waals surface area contributed by atoms with Gasteiger partial charge >= 0.3 is 0 Å². The summed E-state index contributed by atoms with van der Waals surface area (Å²) in [5, 5.41) is 2.87. The monoisotopic (exact) mass is 588 g/mol. The third-order valence-electron chi connectivity index (χ3n) is 5.75. The molecular formula is C29H21BrN2O5S. The predicted molar refractivity (Wildman–Crippen MR) is 151 cm³/mol. The summed E-state index contributed by atoms with van der Waals surface area (Å²) in [6, 6.07) is 26.2. The number of methoxy groups -OCH3 is 1. The van der Waals surface area contributed by atoms with Crippen molar-refractivity contribution in [2.45, 2.75) is 4.90 Å². The van der Waals surface area contributed by atoms with Crippen LogP contribution >= 0.6 is 27.7 Å². The first-order valence-electron chi connectivity index (χ1n) is 11.5. The number of hydrogen-bond donors (Lipinski definition) is 1. The summed E-state index contributed by atoms with van der Waals surface area (Å²) >= 11 is 4.85. The third-order valence-corrected chi connectivity index (χ3v) is 7.29. The first kappa shape index (κ1) is 25.6. The maximum atomic E-state index is 13.0. The number of carbonyl (C=O) groups excluding carboxylic acids is 3. The average Bonchev–Trinajstić information content (AvgIpc) is 3.18. The molecular weight excluding hydrogens is 568 g/mol. The van der Waals surface area contributed by atoms with Crippen LogP contribution in [0.5, 0.6) is 17.2 Å². The summed E-state index contributed by atoms with van der Waals surface area (Å²) in [5.74, 6) is 0.941. The molecule has 0 spiro atoms. The van der Waals surface area contributed by atoms with Gasteiger partial charge in [0.1, 0.15) is 17.2 Å². The standard InChI is InChI=1S/C29H21BrN2O5S/c1-36-21-10-6-20(7-11-21)32-28(34)25-15-12-23(16-26(25)29(32)35)37-22-8-4-19(5-9-22)31-27(33)17-38-24-13-2-18(30)3-14-24/h2-16H,17H2,1H3,(H,31,33). The Labute approximate surface area is 231 Å². The number of halogens is 1. The van der Waals surface area contributed by atoms with E-state index in [9.17, 15) is 14.4 Å². The highest BCUT2D eigenvalue weighted by Gasteiger charge is 2.37. The third kappa shape index (κ3) is 5.58. The zero-order valence-electron chi connectivity index (χ0n) is 20.1. The van der Waals surface area contributed by atoms with Crippen LogP contribution in [0, 0.1) is 0 Å². The van der Waals surface area contributed by atoms with Crippen molar-refractivity contribution in [2.75, 3.05) is 23.1 Å². The van der Waals surface area contributed by atoms with E-state index in [2.05, 4.69) is 21.2 Å². The number of amides is 3. The number of thioether (sulfide) groups is 1. The van der Waals surface area contributed by atoms with Crippen LogP contribution in [0.25, 0.3) is 0 Å². The summed E-state index contributed by atoms with van der Waals surface area (Å²) in [7, 11) is 1.55. The van der Waals surface area contributed by atoms with Crippen molar-refractivity contribution in [1.82, 2.24) is 0 Å². The Morgan fingerprint density at radius 1 is 0.816 bits per heavy atom. The van der Waals surface area contributed by atoms with Crippen molar-refractivity contribution in [3.05, 3.63) is 107 Å². The minimum absolute atomic E-state index is 0.116. The topological polar surface area (TPSA) is 84.9 Å². The van der Waals surface area contributed by atoms with Crippen molar-refractivity contribution < 1.29 is 23.9 Å². The lowest BCUT2D eigenvalue weighted by Crippen LogP contribution is -2.29. The molecule has 0 saturated heterocycles. The quantitative estimate of drug-likeness (QED) is 0.180. The van der Waals surface area contributed by atoms with E-state index in [-0.39, 0.29) is 23.1 Å². The molecule has 4 aromatic rings. The van der Waals surface area contributed by atoms with Crippen molar-refractivity contribution >= 4 is 56.8 Å². The first-order chi connectivity index (χ1) is 18.4. The smallest absolute Gasteiger partial charge is 0.266 e. The maximum Gasteiger partial charge on any atom is 0.266 e. The van der Waals surface area contributed by atoms with Crippen LogP contribution < -0.4 is 19.7 Å². The second-order valence-electron chi connectivity index (χ2n) is 8.27. The molecule has 0 saturated carbocycles. The fourth-order valence-electron chi connectivity index (χ4n) is 3.87. The number of fused-ring (bicyclic) bond motifs is 1. The molecule has 38 heavy (non-hydrogen) atoms. The Morgan fingerprint density at radius 2 is 1.45 bits per heavy atom. The van der Waals surface area contributed by atoms with Crippen LogP contribution in [0.3, 0.4) is 0 Å². The molecule has 0 radical (unpaired) electrons. The summed E-state index contributed by atoms with van der Waals surface area (Å²) in [5.41, 5.74) is 1.70. The van der Waals surface area contributed by atoms with Gasteiger partial charge in [-0.2, -0.15) is 0 Å². The van der Waals surface area contributed by atoms with Gasteiger partial charge in [0.15, 0.2) is 0 Å². The van der Waals surface area contributed by atoms with Gasteiger partial charge < -0.3 is 14.8 Å². The SMILES string of the molecule is COc1ccc(N2C(=O)c3ccc(Oc4ccc(NC(=O)CSc5ccc(Br)cc5)cc4)cc3C2=O)cc1. The average molecular weight is 589 g/mol. The van der Waals surface area contributed by atoms with E-state index in [0.29, 0.717) is 34.2 Å². The number of ether oxygens (including phenoxy) is 2. The molecule has 1 aliphatic rings. The number of nitrogens with zero attached hydrogens (tertiary/aromatic N) is 1. The van der Waals surface area contributed by atoms with Gasteiger partial charge in [0.2, 0.25) is 5.91 Å². The zero-order valence-corrected chi connectivity index (χ0v) is 22.5. The number of rotatable bonds is 8. The van der Waals surface area contributed by atoms with E-state index in [1.54, 1.807) is 73.8 Å². The van der Waals surface area contributed by atoms with Crippen molar-refractivity contribution in [3.63, 3.8) is 0 Å². The molecule has 4 aromatic carbocycles. The molecule has 7 nitrogen and oxygen atoms in total. The van der Waals surface area contributed by atoms with Gasteiger partial charge in [-0.1, -0.05) is 15.9 Å². The van der Waals surface area contributed by atoms with E-state index >= 15 is 0 Å². The number of anilines is 2. The molecule has 190 valence electrons. The molecule has 0 aliphatic carbocycles. The minimum atomic E-state index is -0.417. The molecule has 1 aliphatic heterocycles. The van der Waals surface area contributed by atoms with Crippen molar-refractivity contribution in [2.24, 2.45) is 0 Å². The minimum Gasteiger partial charge on any atom is -0.497 e. The number of benzene rings is 4. The molecule has 3 amide bonds. The van der Waals surface area contributed by atoms with E-state index in [1.807, 2.05) is 24.3 Å². The van der Waals surface area contributed by atoms with Gasteiger partial charge in [-0.15, -0.1) is 11.8 Å². The zero-order chi connectivity index (χ0) is 26.6. The van der Waals surface area contributed by atoms with Crippen LogP contribution in [0.15, 0.2) is 100 Å². The number of nitrogens with one attached hydrogen (secondary N) is 1. The Hall–Kier alpha value is -4.08. The highest BCUT2D eigenvalue weighted by molar-refractivity contribution is 9.10. The summed E-state index contributed by atoms with van der Waals surface area (Å²) in [6.45, 7) is 0. The summed E-state index contributed by atoms with van der Waals surface area (Å²) in [4.78, 5) is 40.4. The normalized spacial score (nSPS) is 12.3. The molecule has 9 heteroatoms. The lowest BCUT2D eigenvalue weighted by atomic mass is 10.1. The van der Waals surface area contributed by atoms with Crippen LogP contribution in [0.2, 0.25) is 0 Å². The lowest BCUT2D eigenvalue weighted by molar-refractivity contribution is -0.113. The molecule has 0 unspecified atom stereocenters. The fourth-order valence-corrected chi connectivity index (χ4v) is 4.83. The Kier molecular flexibility index (Phi) is 7.48. The Bertz CT molecular complexity index is 1510. The first-order valence-corrected chi connectivity index (χ1v) is 13.3. The van der Waals surface area contributed by atoms with Crippen LogP contribution in [0.4, 0.5) is 11.4 Å². The molecule has 5 rings (SSSR count). The van der Waals surface area contributed by atoms with Crippen molar-refractivity contribution in [1.29, 1.82) is 0 Å². The van der Waals surface area contributed by atoms with Gasteiger partial charge in [-0.05, 0) is 91.0 Å². The highest BCUT2D eigenvalue weighted by Crippen LogP contribution is 2.33. The molecule has 0 fully saturated rings. The van der Waals surface area contributed by atoms with Crippen LogP contribution in [-0.4, -0.2) is 30.6 Å². The van der Waals surface area contributed by atoms with Crippen LogP contribution in [-0.2, 0) is 4.79 Å². The second-order valence-corrected chi connectivity index (χ2v) is 10.2. The highest BCUT2D eigenvalue weighted by atomic mass is 79.9. The van der Waals surface area contributed by atoms with Crippen molar-refractivity contribution in [3.8, 4) is 17.2 Å². The van der Waals surface area contributed by atoms with Gasteiger partial charge in [0.25, 0.3) is 11.8 Å². The van der Waals surface area contributed by atoms with Gasteiger partial charge in [-0.3, -0.25) is 14.4 Å². The molecule has 0 aromatic heterocycles. The van der Waals surface area contributed by atoms with E-state index in [4.69, 9.17) is 9.47 Å². The van der Waals surface area contributed by atoms with Crippen LogP contribution in [0.1, 0.15) is 20.7 Å². The number of hydrogen-bond acceptors (Lipinski definition) is 6. The van der Waals surface area contributed by atoms with E-state index < -0.39 is 5.91 Å². The van der Waals surface area contributed by atoms with E-state index in [1.165, 1.54) is 11.8 Å². The number of imide groups is 1. The largest absolute Gasteiger partial charge is 0.497 e. The predicted octanol–water partition coefficient (Wildman–Crippen LogP) is 6.78. The number of carbonyl (C=O) groups is 3. The molecule has 0 atom stereocenters. The molecule has 1 heterocycles. The van der Waals surface area contributed by atoms with Gasteiger partial charge in [-0.25, -0.2) is 4.90 Å². The summed E-state index contributed by atoms with van der Waals surface area (Å²) in [6.07, 6.45) is 0. The second kappa shape index (κ2) is 11.1. The Morgan fingerprint density at radius 3 is 2.13 bits per heavy atom. The summed E-state index contributed by atoms with van der Waals surface area (Å²) < 4.78 is 12.1. The lowest BCUT2D eigenvalue weighted by Gasteiger charge is -2.14.